The molecule has 0 spiro atoms. The monoisotopic (exact) mass is 537 g/mol. The number of carbonyl (C=O) groups is 1. The van der Waals surface area contributed by atoms with Gasteiger partial charge >= 0.3 is 0 Å². The number of H-pyrrole nitrogens is 2. The first kappa shape index (κ1) is 23.7. The van der Waals surface area contributed by atoms with Gasteiger partial charge in [-0.15, -0.1) is 11.3 Å². The van der Waals surface area contributed by atoms with Crippen molar-refractivity contribution in [1.29, 1.82) is 0 Å². The zero-order valence-corrected chi connectivity index (χ0v) is 21.7. The molecule has 1 fully saturated rings. The van der Waals surface area contributed by atoms with Crippen molar-refractivity contribution in [3.05, 3.63) is 66.2 Å². The molecule has 1 saturated carbocycles. The number of thiophene rings is 1. The van der Waals surface area contributed by atoms with Crippen LogP contribution in [0.4, 0.5) is 10.1 Å². The van der Waals surface area contributed by atoms with Gasteiger partial charge in [0.25, 0.3) is 0 Å². The Kier molecular flexibility index (Phi) is 5.89. The number of benzene rings is 1. The maximum absolute atomic E-state index is 15.3. The Morgan fingerprint density at radius 3 is 2.82 bits per heavy atom. The van der Waals surface area contributed by atoms with E-state index in [1.54, 1.807) is 42.1 Å². The number of nitrogens with one attached hydrogen (secondary N) is 3. The van der Waals surface area contributed by atoms with Gasteiger partial charge in [0, 0.05) is 51.3 Å². The van der Waals surface area contributed by atoms with Crippen LogP contribution in [-0.4, -0.2) is 36.0 Å². The molecule has 0 unspecified atom stereocenters. The van der Waals surface area contributed by atoms with Crippen molar-refractivity contribution in [2.75, 3.05) is 5.32 Å². The highest BCUT2D eigenvalue weighted by molar-refractivity contribution is 7.13. The predicted molar refractivity (Wildman–Crippen MR) is 151 cm³/mol. The standard InChI is InChI=1S/C29H24FN7OS/c30-22-13-23-21(12-20(22)17-11-18(15-31-14-17)33-29(38)16-5-2-1-3-6-16)26(37-36-23)28-34-25-19(24-7-4-10-39-24)8-9-32-27(25)35-28/h4,7-16H,1-3,5-6H2,(H,33,38)(H,36,37)(H,32,34,35). The number of fused-ring (bicyclic) bond motifs is 2. The summed E-state index contributed by atoms with van der Waals surface area (Å²) >= 11 is 1.64. The van der Waals surface area contributed by atoms with Crippen LogP contribution < -0.4 is 5.32 Å². The first-order valence-corrected chi connectivity index (χ1v) is 13.8. The highest BCUT2D eigenvalue weighted by Gasteiger charge is 2.22. The van der Waals surface area contributed by atoms with E-state index < -0.39 is 5.82 Å². The Morgan fingerprint density at radius 1 is 1.08 bits per heavy atom. The number of halogens is 1. The number of rotatable bonds is 5. The summed E-state index contributed by atoms with van der Waals surface area (Å²) in [4.78, 5) is 30.6. The van der Waals surface area contributed by atoms with Crippen LogP contribution in [0.1, 0.15) is 32.1 Å². The Hall–Kier alpha value is -4.44. The summed E-state index contributed by atoms with van der Waals surface area (Å²) in [6, 6.07) is 10.9. The summed E-state index contributed by atoms with van der Waals surface area (Å²) in [6.07, 6.45) is 10.1. The molecule has 7 rings (SSSR count). The Morgan fingerprint density at radius 2 is 1.97 bits per heavy atom. The average molecular weight is 538 g/mol. The number of aromatic nitrogens is 6. The summed E-state index contributed by atoms with van der Waals surface area (Å²) in [6.45, 7) is 0. The first-order valence-electron chi connectivity index (χ1n) is 13.0. The smallest absolute Gasteiger partial charge is 0.227 e. The first-order chi connectivity index (χ1) is 19.1. The van der Waals surface area contributed by atoms with Crippen LogP contribution in [0.2, 0.25) is 0 Å². The highest BCUT2D eigenvalue weighted by atomic mass is 32.1. The third-order valence-electron chi connectivity index (χ3n) is 7.35. The van der Waals surface area contributed by atoms with Gasteiger partial charge in [0.1, 0.15) is 11.5 Å². The zero-order valence-electron chi connectivity index (χ0n) is 20.9. The topological polar surface area (TPSA) is 112 Å². The van der Waals surface area contributed by atoms with E-state index in [9.17, 15) is 4.79 Å². The second-order valence-electron chi connectivity index (χ2n) is 9.86. The number of nitrogens with zero attached hydrogens (tertiary/aromatic N) is 4. The third-order valence-corrected chi connectivity index (χ3v) is 8.25. The molecular weight excluding hydrogens is 513 g/mol. The van der Waals surface area contributed by atoms with Crippen LogP contribution >= 0.6 is 11.3 Å². The molecule has 1 aliphatic carbocycles. The third kappa shape index (κ3) is 4.36. The fraction of sp³-hybridized carbons (Fsp3) is 0.207. The van der Waals surface area contributed by atoms with Crippen molar-refractivity contribution in [2.45, 2.75) is 32.1 Å². The minimum Gasteiger partial charge on any atom is -0.335 e. The molecule has 10 heteroatoms. The molecule has 0 bridgehead atoms. The average Bonchev–Trinajstić information content (AvgIpc) is 3.72. The molecule has 1 amide bonds. The highest BCUT2D eigenvalue weighted by Crippen LogP contribution is 2.35. The number of imidazole rings is 1. The molecule has 0 saturated heterocycles. The normalized spacial score (nSPS) is 14.3. The fourth-order valence-corrected chi connectivity index (χ4v) is 6.12. The number of pyridine rings is 2. The molecule has 5 heterocycles. The lowest BCUT2D eigenvalue weighted by Gasteiger charge is -2.20. The van der Waals surface area contributed by atoms with E-state index in [2.05, 4.69) is 36.5 Å². The lowest BCUT2D eigenvalue weighted by molar-refractivity contribution is -0.120. The van der Waals surface area contributed by atoms with Gasteiger partial charge in [-0.2, -0.15) is 5.10 Å². The molecule has 0 aliphatic heterocycles. The van der Waals surface area contributed by atoms with E-state index >= 15 is 4.39 Å². The summed E-state index contributed by atoms with van der Waals surface area (Å²) in [5.74, 6) is 0.142. The fourth-order valence-electron chi connectivity index (χ4n) is 5.36. The molecule has 0 atom stereocenters. The van der Waals surface area contributed by atoms with Crippen LogP contribution in [0.5, 0.6) is 0 Å². The zero-order chi connectivity index (χ0) is 26.3. The maximum Gasteiger partial charge on any atom is 0.227 e. The number of anilines is 1. The summed E-state index contributed by atoms with van der Waals surface area (Å²) < 4.78 is 15.3. The predicted octanol–water partition coefficient (Wildman–Crippen LogP) is 6.95. The Bertz CT molecular complexity index is 1820. The molecule has 6 aromatic rings. The van der Waals surface area contributed by atoms with Crippen molar-refractivity contribution >= 4 is 45.0 Å². The van der Waals surface area contributed by atoms with E-state index in [0.29, 0.717) is 44.9 Å². The molecule has 39 heavy (non-hydrogen) atoms. The number of amides is 1. The van der Waals surface area contributed by atoms with Gasteiger partial charge in [0.15, 0.2) is 11.5 Å². The number of carbonyl (C=O) groups excluding carboxylic acids is 1. The summed E-state index contributed by atoms with van der Waals surface area (Å²) in [7, 11) is 0. The van der Waals surface area contributed by atoms with Gasteiger partial charge < -0.3 is 10.3 Å². The molecule has 1 aromatic carbocycles. The van der Waals surface area contributed by atoms with Crippen LogP contribution in [0.3, 0.4) is 0 Å². The molecular formula is C29H24FN7OS. The van der Waals surface area contributed by atoms with Gasteiger partial charge in [0.2, 0.25) is 5.91 Å². The quantitative estimate of drug-likeness (QED) is 0.220. The van der Waals surface area contributed by atoms with Crippen LogP contribution in [0.25, 0.3) is 55.2 Å². The van der Waals surface area contributed by atoms with Gasteiger partial charge in [-0.3, -0.25) is 14.9 Å². The number of hydrogen-bond acceptors (Lipinski definition) is 6. The molecule has 8 nitrogen and oxygen atoms in total. The SMILES string of the molecule is O=C(Nc1cncc(-c2cc3c(-c4nc5nccc(-c6cccs6)c5[nH]4)n[nH]c3cc2F)c1)C1CCCCC1. The lowest BCUT2D eigenvalue weighted by atomic mass is 9.88. The second kappa shape index (κ2) is 9.70. The second-order valence-corrected chi connectivity index (χ2v) is 10.8. The van der Waals surface area contributed by atoms with Crippen molar-refractivity contribution in [1.82, 2.24) is 30.1 Å². The van der Waals surface area contributed by atoms with Gasteiger partial charge in [-0.25, -0.2) is 14.4 Å². The van der Waals surface area contributed by atoms with E-state index in [0.717, 1.165) is 41.6 Å². The number of aromatic amines is 2. The minimum atomic E-state index is -0.415. The summed E-state index contributed by atoms with van der Waals surface area (Å²) in [5, 5.41) is 13.1. The van der Waals surface area contributed by atoms with Gasteiger partial charge in [-0.1, -0.05) is 25.3 Å². The molecule has 3 N–H and O–H groups in total. The molecule has 5 aromatic heterocycles. The van der Waals surface area contributed by atoms with Crippen LogP contribution in [0, 0.1) is 11.7 Å². The molecule has 1 aliphatic rings. The van der Waals surface area contributed by atoms with Gasteiger partial charge in [0.05, 0.1) is 22.9 Å². The van der Waals surface area contributed by atoms with E-state index in [1.165, 1.54) is 12.5 Å². The molecule has 0 radical (unpaired) electrons. The van der Waals surface area contributed by atoms with Crippen LogP contribution in [0.15, 0.2) is 60.4 Å². The Balaban J connectivity index is 1.25. The minimum absolute atomic E-state index is 0.00195. The van der Waals surface area contributed by atoms with Crippen molar-refractivity contribution in [3.8, 4) is 33.1 Å². The Labute approximate surface area is 226 Å². The van der Waals surface area contributed by atoms with E-state index in [1.807, 2.05) is 17.5 Å². The van der Waals surface area contributed by atoms with E-state index in [4.69, 9.17) is 4.98 Å². The number of hydrogen-bond donors (Lipinski definition) is 3. The van der Waals surface area contributed by atoms with Crippen LogP contribution in [-0.2, 0) is 4.79 Å². The lowest BCUT2D eigenvalue weighted by Crippen LogP contribution is -2.24. The summed E-state index contributed by atoms with van der Waals surface area (Å²) in [5.41, 5.74) is 5.01. The molecule has 194 valence electrons. The van der Waals surface area contributed by atoms with Gasteiger partial charge in [-0.05, 0) is 42.5 Å². The maximum atomic E-state index is 15.3. The largest absolute Gasteiger partial charge is 0.335 e. The van der Waals surface area contributed by atoms with E-state index in [-0.39, 0.29) is 11.8 Å². The van der Waals surface area contributed by atoms with Crippen molar-refractivity contribution < 1.29 is 9.18 Å². The van der Waals surface area contributed by atoms with Crippen molar-refractivity contribution in [3.63, 3.8) is 0 Å². The van der Waals surface area contributed by atoms with Crippen molar-refractivity contribution in [2.24, 2.45) is 5.92 Å².